The van der Waals surface area contributed by atoms with Crippen LogP contribution in [0.5, 0.6) is 0 Å². The Bertz CT molecular complexity index is 1420. The van der Waals surface area contributed by atoms with E-state index in [0.717, 1.165) is 103 Å². The molecular formula is C68H129NO10. The van der Waals surface area contributed by atoms with Gasteiger partial charge in [-0.3, -0.25) is 14.4 Å². The number of carbonyl (C=O) groups excluding carboxylic acids is 3. The van der Waals surface area contributed by atoms with Gasteiger partial charge in [-0.05, 0) is 145 Å². The molecule has 0 heterocycles. The van der Waals surface area contributed by atoms with Gasteiger partial charge in [0.2, 0.25) is 0 Å². The molecule has 11 nitrogen and oxygen atoms in total. The van der Waals surface area contributed by atoms with Gasteiger partial charge in [0.05, 0.1) is 32.7 Å². The molecule has 79 heavy (non-hydrogen) atoms. The summed E-state index contributed by atoms with van der Waals surface area (Å²) < 4.78 is 42.6. The topological polar surface area (TPSA) is 119 Å². The van der Waals surface area contributed by atoms with E-state index in [0.29, 0.717) is 84.3 Å². The van der Waals surface area contributed by atoms with Gasteiger partial charge < -0.3 is 38.1 Å². The van der Waals surface area contributed by atoms with E-state index in [4.69, 9.17) is 33.2 Å². The SMILES string of the molecule is CCCCCCCCOC(CCC(=O)OCCCC1(C)CC2CC(C)(CCCOC(=O)CCCN(CC)CC)CC(CCCOC(=O)CCC(OCCCCCCCC)OCCCCCCCC)(C2)C1)OCCCCCCCC. The molecule has 0 amide bonds. The van der Waals surface area contributed by atoms with Crippen molar-refractivity contribution in [3.05, 3.63) is 0 Å². The molecule has 2 fully saturated rings. The Morgan fingerprint density at radius 1 is 0.392 bits per heavy atom. The van der Waals surface area contributed by atoms with Crippen molar-refractivity contribution in [1.82, 2.24) is 4.90 Å². The van der Waals surface area contributed by atoms with Crippen molar-refractivity contribution in [2.75, 3.05) is 65.9 Å². The number of hydrogen-bond acceptors (Lipinski definition) is 11. The van der Waals surface area contributed by atoms with Crippen molar-refractivity contribution < 1.29 is 47.5 Å². The first kappa shape index (κ1) is 73.3. The number of unbranched alkanes of at least 4 members (excludes halogenated alkanes) is 20. The Balaban J connectivity index is 2.01. The number of ether oxygens (including phenoxy) is 7. The zero-order valence-electron chi connectivity index (χ0n) is 53.3. The van der Waals surface area contributed by atoms with Gasteiger partial charge in [0, 0.05) is 45.7 Å². The lowest BCUT2D eigenvalue weighted by molar-refractivity contribution is -0.160. The Hall–Kier alpha value is -1.79. The number of rotatable bonds is 56. The van der Waals surface area contributed by atoms with E-state index in [1.807, 2.05) is 0 Å². The monoisotopic (exact) mass is 1120 g/mol. The number of carbonyl (C=O) groups is 3. The Morgan fingerprint density at radius 2 is 0.722 bits per heavy atom. The third-order valence-electron chi connectivity index (χ3n) is 17.5. The molecule has 2 rings (SSSR count). The van der Waals surface area contributed by atoms with Gasteiger partial charge in [0.15, 0.2) is 12.6 Å². The molecular weight excluding hydrogens is 991 g/mol. The van der Waals surface area contributed by atoms with Crippen molar-refractivity contribution in [2.45, 2.75) is 331 Å². The highest BCUT2D eigenvalue weighted by Gasteiger charge is 2.52. The lowest BCUT2D eigenvalue weighted by Crippen LogP contribution is -2.47. The molecule has 0 aromatic carbocycles. The van der Waals surface area contributed by atoms with Crippen LogP contribution in [0, 0.1) is 22.2 Å². The quantitative estimate of drug-likeness (QED) is 0.0251. The number of esters is 3. The van der Waals surface area contributed by atoms with Gasteiger partial charge in [0.25, 0.3) is 0 Å². The predicted octanol–water partition coefficient (Wildman–Crippen LogP) is 18.4. The van der Waals surface area contributed by atoms with Crippen LogP contribution in [0.4, 0.5) is 0 Å². The van der Waals surface area contributed by atoms with E-state index < -0.39 is 0 Å². The van der Waals surface area contributed by atoms with Gasteiger partial charge >= 0.3 is 17.9 Å². The van der Waals surface area contributed by atoms with E-state index in [-0.39, 0.29) is 46.7 Å². The molecule has 466 valence electrons. The van der Waals surface area contributed by atoms with Gasteiger partial charge in [-0.1, -0.05) is 184 Å². The van der Waals surface area contributed by atoms with Gasteiger partial charge in [-0.2, -0.15) is 0 Å². The molecule has 0 aromatic rings. The highest BCUT2D eigenvalue weighted by atomic mass is 16.7. The third kappa shape index (κ3) is 37.9. The van der Waals surface area contributed by atoms with Crippen LogP contribution >= 0.6 is 0 Å². The summed E-state index contributed by atoms with van der Waals surface area (Å²) in [6.45, 7) is 25.2. The van der Waals surface area contributed by atoms with Crippen molar-refractivity contribution in [2.24, 2.45) is 22.2 Å². The minimum absolute atomic E-state index is 0.0768. The molecule has 2 aliphatic carbocycles. The summed E-state index contributed by atoms with van der Waals surface area (Å²) in [5, 5.41) is 0. The fourth-order valence-corrected chi connectivity index (χ4v) is 13.5. The average Bonchev–Trinajstić information content (AvgIpc) is 3.56. The molecule has 11 heteroatoms. The molecule has 2 bridgehead atoms. The molecule has 0 N–H and O–H groups in total. The van der Waals surface area contributed by atoms with Crippen LogP contribution in [-0.4, -0.2) is 101 Å². The second kappa shape index (κ2) is 47.6. The van der Waals surface area contributed by atoms with E-state index in [1.165, 1.54) is 148 Å². The summed E-state index contributed by atoms with van der Waals surface area (Å²) in [5.74, 6) is 0.195. The molecule has 0 radical (unpaired) electrons. The second-order valence-electron chi connectivity index (χ2n) is 25.5. The summed E-state index contributed by atoms with van der Waals surface area (Å²) >= 11 is 0. The summed E-state index contributed by atoms with van der Waals surface area (Å²) in [4.78, 5) is 41.5. The predicted molar refractivity (Wildman–Crippen MR) is 326 cm³/mol. The molecule has 2 saturated carbocycles. The highest BCUT2D eigenvalue weighted by molar-refractivity contribution is 5.70. The molecule has 0 aromatic heterocycles. The Labute approximate surface area is 487 Å². The lowest BCUT2D eigenvalue weighted by Gasteiger charge is -2.58. The zero-order valence-corrected chi connectivity index (χ0v) is 53.3. The second-order valence-corrected chi connectivity index (χ2v) is 25.5. The fraction of sp³-hybridized carbons (Fsp3) is 0.956. The maximum Gasteiger partial charge on any atom is 0.305 e. The molecule has 0 aliphatic heterocycles. The van der Waals surface area contributed by atoms with E-state index in [1.54, 1.807) is 0 Å². The van der Waals surface area contributed by atoms with Gasteiger partial charge in [0.1, 0.15) is 0 Å². The van der Waals surface area contributed by atoms with Crippen molar-refractivity contribution in [3.63, 3.8) is 0 Å². The zero-order chi connectivity index (χ0) is 57.6. The number of hydrogen-bond donors (Lipinski definition) is 0. The lowest BCUT2D eigenvalue weighted by atomic mass is 9.47. The van der Waals surface area contributed by atoms with E-state index in [2.05, 4.69) is 60.3 Å². The van der Waals surface area contributed by atoms with Crippen molar-refractivity contribution in [1.29, 1.82) is 0 Å². The highest BCUT2D eigenvalue weighted by Crippen LogP contribution is 2.64. The third-order valence-corrected chi connectivity index (χ3v) is 17.5. The molecule has 2 aliphatic rings. The first-order valence-corrected chi connectivity index (χ1v) is 34.0. The van der Waals surface area contributed by atoms with Crippen molar-refractivity contribution >= 4 is 17.9 Å². The van der Waals surface area contributed by atoms with E-state index >= 15 is 0 Å². The summed E-state index contributed by atoms with van der Waals surface area (Å²) in [7, 11) is 0. The largest absolute Gasteiger partial charge is 0.466 e. The van der Waals surface area contributed by atoms with Gasteiger partial charge in [-0.15, -0.1) is 0 Å². The summed E-state index contributed by atoms with van der Waals surface area (Å²) in [6.07, 6.45) is 42.7. The average molecular weight is 1120 g/mol. The van der Waals surface area contributed by atoms with Crippen LogP contribution < -0.4 is 0 Å². The van der Waals surface area contributed by atoms with Crippen LogP contribution in [0.1, 0.15) is 319 Å². The summed E-state index contributed by atoms with van der Waals surface area (Å²) in [6, 6.07) is 0. The minimum Gasteiger partial charge on any atom is -0.466 e. The van der Waals surface area contributed by atoms with Crippen LogP contribution in [-0.2, 0) is 47.5 Å². The first-order valence-electron chi connectivity index (χ1n) is 34.0. The normalized spacial score (nSPS) is 20.2. The number of nitrogens with zero attached hydrogens (tertiary/aromatic N) is 1. The maximum absolute atomic E-state index is 13.3. The van der Waals surface area contributed by atoms with Crippen molar-refractivity contribution in [3.8, 4) is 0 Å². The first-order chi connectivity index (χ1) is 38.4. The van der Waals surface area contributed by atoms with Gasteiger partial charge in [-0.25, -0.2) is 0 Å². The molecule has 0 saturated heterocycles. The standard InChI is InChI=1S/C68H129NO10/c1-9-15-19-23-27-31-48-76-64(77-49-32-28-24-20-16-10-2)42-40-62(71)74-53-37-45-67(8)56-60-55-66(7,44-36-52-73-61(70)39-35-47-69(13-5)14-6)58-68(57-60,59-67)46-38-54-75-63(72)41-43-65(78-50-33-29-25-21-17-11-3)79-51-34-30-26-22-18-12-4/h60,64-65H,9-59H2,1-8H3. The minimum atomic E-state index is -0.371. The Morgan fingerprint density at radius 3 is 1.08 bits per heavy atom. The van der Waals surface area contributed by atoms with E-state index in [9.17, 15) is 14.4 Å². The molecule has 0 spiro atoms. The maximum atomic E-state index is 13.3. The fourth-order valence-electron chi connectivity index (χ4n) is 13.5. The van der Waals surface area contributed by atoms with Crippen LogP contribution in [0.15, 0.2) is 0 Å². The van der Waals surface area contributed by atoms with Crippen LogP contribution in [0.2, 0.25) is 0 Å². The van der Waals surface area contributed by atoms with Crippen LogP contribution in [0.3, 0.4) is 0 Å². The van der Waals surface area contributed by atoms with Crippen LogP contribution in [0.25, 0.3) is 0 Å². The molecule has 4 atom stereocenters. The Kier molecular flexibility index (Phi) is 44.1. The summed E-state index contributed by atoms with van der Waals surface area (Å²) in [5.41, 5.74) is 0.419. The number of fused-ring (bicyclic) bond motifs is 2. The smallest absolute Gasteiger partial charge is 0.305 e. The molecule has 4 unspecified atom stereocenters.